The average molecular weight is 631 g/mol. The number of carbonyl (C=O) groups excluding carboxylic acids is 1. The molecule has 0 saturated carbocycles. The van der Waals surface area contributed by atoms with Crippen LogP contribution in [0.25, 0.3) is 27.3 Å². The molecule has 1 amide bonds. The number of carbonyl (C=O) groups is 2. The number of thioether (sulfide) groups is 1. The third-order valence-electron chi connectivity index (χ3n) is 7.53. The first-order valence-electron chi connectivity index (χ1n) is 14.1. The van der Waals surface area contributed by atoms with Crippen molar-refractivity contribution in [1.82, 2.24) is 9.80 Å². The van der Waals surface area contributed by atoms with Gasteiger partial charge in [-0.15, -0.1) is 11.3 Å². The van der Waals surface area contributed by atoms with Crippen LogP contribution in [0.5, 0.6) is 5.75 Å². The van der Waals surface area contributed by atoms with Crippen LogP contribution >= 0.6 is 35.3 Å². The summed E-state index contributed by atoms with van der Waals surface area (Å²) in [5, 5.41) is 12.4. The Morgan fingerprint density at radius 3 is 2.63 bits per heavy atom. The summed E-state index contributed by atoms with van der Waals surface area (Å²) in [4.78, 5) is 29.0. The molecular weight excluding hydrogens is 601 g/mol. The second-order valence-corrected chi connectivity index (χ2v) is 12.9. The first kappa shape index (κ1) is 29.5. The van der Waals surface area contributed by atoms with Crippen LogP contribution in [0.4, 0.5) is 0 Å². The van der Waals surface area contributed by atoms with E-state index in [0.29, 0.717) is 28.8 Å². The minimum Gasteiger partial charge on any atom is -0.492 e. The van der Waals surface area contributed by atoms with Crippen molar-refractivity contribution in [2.24, 2.45) is 0 Å². The van der Waals surface area contributed by atoms with Crippen molar-refractivity contribution in [3.8, 4) is 16.9 Å². The van der Waals surface area contributed by atoms with E-state index in [1.54, 1.807) is 40.5 Å². The van der Waals surface area contributed by atoms with E-state index in [9.17, 15) is 9.59 Å². The molecule has 1 N–H and O–H groups in total. The van der Waals surface area contributed by atoms with Crippen molar-refractivity contribution in [2.45, 2.75) is 6.42 Å². The molecule has 3 heterocycles. The van der Waals surface area contributed by atoms with Crippen LogP contribution in [0.1, 0.15) is 21.5 Å². The number of nitrogens with zero attached hydrogens (tertiary/aromatic N) is 2. The summed E-state index contributed by atoms with van der Waals surface area (Å²) in [6.45, 7) is 5.18. The van der Waals surface area contributed by atoms with Crippen LogP contribution < -0.4 is 4.74 Å². The zero-order valence-electron chi connectivity index (χ0n) is 23.4. The summed E-state index contributed by atoms with van der Waals surface area (Å²) >= 11 is 8.58. The highest BCUT2D eigenvalue weighted by Gasteiger charge is 2.31. The highest BCUT2D eigenvalue weighted by atomic mass is 32.2. The molecule has 1 aromatic heterocycles. The molecule has 2 aliphatic heterocycles. The number of benzene rings is 3. The molecule has 0 spiro atoms. The fraction of sp³-hybridized carbons (Fsp3) is 0.242. The molecule has 2 saturated heterocycles. The van der Waals surface area contributed by atoms with Crippen LogP contribution in [0.15, 0.2) is 77.0 Å². The number of carboxylic acid groups (broad SMARTS) is 1. The van der Waals surface area contributed by atoms with E-state index in [4.69, 9.17) is 26.8 Å². The van der Waals surface area contributed by atoms with Gasteiger partial charge < -0.3 is 14.6 Å². The molecule has 220 valence electrons. The topological polar surface area (TPSA) is 79.3 Å². The Balaban J connectivity index is 1.20. The smallest absolute Gasteiger partial charge is 0.335 e. The monoisotopic (exact) mass is 630 g/mol. The molecular formula is C33H30N2O5S3. The molecule has 2 fully saturated rings. The summed E-state index contributed by atoms with van der Waals surface area (Å²) in [5.74, 6) is -0.276. The number of rotatable bonds is 10. The lowest BCUT2D eigenvalue weighted by Gasteiger charge is -2.26. The second-order valence-electron chi connectivity index (χ2n) is 10.3. The molecule has 3 aromatic carbocycles. The van der Waals surface area contributed by atoms with Gasteiger partial charge in [-0.1, -0.05) is 48.2 Å². The van der Waals surface area contributed by atoms with Crippen molar-refractivity contribution >= 4 is 67.7 Å². The van der Waals surface area contributed by atoms with Crippen LogP contribution in [0.2, 0.25) is 0 Å². The summed E-state index contributed by atoms with van der Waals surface area (Å²) in [7, 11) is 0. The van der Waals surface area contributed by atoms with Crippen LogP contribution in [0.3, 0.4) is 0 Å². The van der Waals surface area contributed by atoms with E-state index < -0.39 is 5.97 Å². The third kappa shape index (κ3) is 7.00. The van der Waals surface area contributed by atoms with Crippen molar-refractivity contribution in [3.63, 3.8) is 0 Å². The number of thiophene rings is 1. The first-order valence-corrected chi connectivity index (χ1v) is 16.2. The number of morpholine rings is 1. The normalized spacial score (nSPS) is 16.8. The van der Waals surface area contributed by atoms with E-state index in [0.717, 1.165) is 60.9 Å². The van der Waals surface area contributed by atoms with E-state index in [-0.39, 0.29) is 11.5 Å². The van der Waals surface area contributed by atoms with E-state index >= 15 is 0 Å². The van der Waals surface area contributed by atoms with Gasteiger partial charge in [-0.3, -0.25) is 14.6 Å². The standard InChI is InChI=1S/C33H30N2O5S3/c36-31-30(43-33(41)35(31)11-9-22-1-4-24(5-2-22)32(37)38)20-23-3-7-28(40-17-14-34-12-15-39-16-13-34)27(19-23)25-6-8-29-26(21-25)10-18-42-29/h1-8,10,18-21H,9,11-17H2,(H,37,38). The maximum absolute atomic E-state index is 13.3. The lowest BCUT2D eigenvalue weighted by molar-refractivity contribution is -0.122. The van der Waals surface area contributed by atoms with Crippen LogP contribution in [0, 0.1) is 0 Å². The molecule has 6 rings (SSSR count). The number of ether oxygens (including phenoxy) is 2. The quantitative estimate of drug-likeness (QED) is 0.159. The fourth-order valence-corrected chi connectivity index (χ4v) is 7.21. The van der Waals surface area contributed by atoms with Gasteiger partial charge in [0.25, 0.3) is 5.91 Å². The largest absolute Gasteiger partial charge is 0.492 e. The van der Waals surface area contributed by atoms with Gasteiger partial charge in [-0.25, -0.2) is 4.79 Å². The third-order valence-corrected chi connectivity index (χ3v) is 9.81. The fourth-order valence-electron chi connectivity index (χ4n) is 5.13. The Bertz CT molecular complexity index is 1690. The molecule has 7 nitrogen and oxygen atoms in total. The predicted octanol–water partition coefficient (Wildman–Crippen LogP) is 6.42. The first-order chi connectivity index (χ1) is 20.9. The lowest BCUT2D eigenvalue weighted by Crippen LogP contribution is -2.38. The number of fused-ring (bicyclic) bond motifs is 1. The molecule has 43 heavy (non-hydrogen) atoms. The molecule has 0 radical (unpaired) electrons. The van der Waals surface area contributed by atoms with Crippen molar-refractivity contribution < 1.29 is 24.2 Å². The van der Waals surface area contributed by atoms with Gasteiger partial charge in [-0.2, -0.15) is 0 Å². The molecule has 4 aromatic rings. The summed E-state index contributed by atoms with van der Waals surface area (Å²) in [6, 6.07) is 21.3. The molecule has 0 atom stereocenters. The van der Waals surface area contributed by atoms with Crippen molar-refractivity contribution in [1.29, 1.82) is 0 Å². The van der Waals surface area contributed by atoms with Gasteiger partial charge in [0.15, 0.2) is 0 Å². The van der Waals surface area contributed by atoms with Crippen molar-refractivity contribution in [2.75, 3.05) is 46.0 Å². The summed E-state index contributed by atoms with van der Waals surface area (Å²) in [5.41, 5.74) is 4.11. The highest BCUT2D eigenvalue weighted by molar-refractivity contribution is 8.26. The molecule has 0 aliphatic carbocycles. The van der Waals surface area contributed by atoms with E-state index in [1.165, 1.54) is 21.8 Å². The van der Waals surface area contributed by atoms with E-state index in [2.05, 4.69) is 40.6 Å². The lowest BCUT2D eigenvalue weighted by atomic mass is 10.0. The number of carboxylic acids is 1. The van der Waals surface area contributed by atoms with Gasteiger partial charge >= 0.3 is 5.97 Å². The average Bonchev–Trinajstić information content (AvgIpc) is 3.60. The molecule has 10 heteroatoms. The summed E-state index contributed by atoms with van der Waals surface area (Å²) in [6.07, 6.45) is 2.47. The van der Waals surface area contributed by atoms with Gasteiger partial charge in [0.2, 0.25) is 0 Å². The minimum atomic E-state index is -0.962. The Morgan fingerprint density at radius 1 is 1.02 bits per heavy atom. The Labute approximate surface area is 263 Å². The van der Waals surface area contributed by atoms with E-state index in [1.807, 2.05) is 18.2 Å². The zero-order chi connectivity index (χ0) is 29.8. The SMILES string of the molecule is O=C(O)c1ccc(CCN2C(=O)C(=Cc3ccc(OCCN4CCOCC4)c(-c4ccc5sccc5c4)c3)SC2=S)cc1. The number of aromatic carboxylic acids is 1. The molecule has 0 bridgehead atoms. The number of hydrogen-bond acceptors (Lipinski definition) is 8. The zero-order valence-corrected chi connectivity index (χ0v) is 25.8. The second kappa shape index (κ2) is 13.4. The predicted molar refractivity (Wildman–Crippen MR) is 177 cm³/mol. The Morgan fingerprint density at radius 2 is 1.84 bits per heavy atom. The molecule has 2 aliphatic rings. The Hall–Kier alpha value is -3.54. The number of hydrogen-bond donors (Lipinski definition) is 1. The van der Waals surface area contributed by atoms with Crippen LogP contribution in [-0.4, -0.2) is 77.1 Å². The van der Waals surface area contributed by atoms with Crippen molar-refractivity contribution in [3.05, 3.63) is 93.7 Å². The van der Waals surface area contributed by atoms with Gasteiger partial charge in [0, 0.05) is 36.4 Å². The van der Waals surface area contributed by atoms with Gasteiger partial charge in [-0.05, 0) is 82.4 Å². The minimum absolute atomic E-state index is 0.121. The number of amides is 1. The number of thiocarbonyl (C=S) groups is 1. The van der Waals surface area contributed by atoms with Crippen LogP contribution in [-0.2, 0) is 16.0 Å². The molecule has 0 unspecified atom stereocenters. The maximum atomic E-state index is 13.3. The summed E-state index contributed by atoms with van der Waals surface area (Å²) < 4.78 is 13.5. The Kier molecular flexibility index (Phi) is 9.20. The maximum Gasteiger partial charge on any atom is 0.335 e. The van der Waals surface area contributed by atoms with Gasteiger partial charge in [0.05, 0.1) is 23.7 Å². The highest BCUT2D eigenvalue weighted by Crippen LogP contribution is 2.37. The van der Waals surface area contributed by atoms with Gasteiger partial charge in [0.1, 0.15) is 16.7 Å².